The van der Waals surface area contributed by atoms with Gasteiger partial charge in [0.05, 0.1) is 6.54 Å². The zero-order chi connectivity index (χ0) is 18.3. The summed E-state index contributed by atoms with van der Waals surface area (Å²) in [6.07, 6.45) is 7.93. The zero-order valence-electron chi connectivity index (χ0n) is 15.8. The molecule has 0 saturated heterocycles. The molecule has 2 aliphatic carbocycles. The smallest absolute Gasteiger partial charge is 0.254 e. The number of hydrogen-bond donors (Lipinski definition) is 0. The summed E-state index contributed by atoms with van der Waals surface area (Å²) in [5, 5.41) is 0. The van der Waals surface area contributed by atoms with Crippen LogP contribution in [-0.4, -0.2) is 16.1 Å². The van der Waals surface area contributed by atoms with Crippen molar-refractivity contribution in [2.24, 2.45) is 0 Å². The Labute approximate surface area is 154 Å². The fourth-order valence-electron chi connectivity index (χ4n) is 4.65. The lowest BCUT2D eigenvalue weighted by molar-refractivity contribution is -0.704. The number of benzene rings is 1. The van der Waals surface area contributed by atoms with Gasteiger partial charge in [0.15, 0.2) is 0 Å². The van der Waals surface area contributed by atoms with Gasteiger partial charge in [-0.25, -0.2) is 9.13 Å². The molecule has 1 fully saturated rings. The molecule has 1 aromatic carbocycles. The molecule has 26 heavy (non-hydrogen) atoms. The van der Waals surface area contributed by atoms with Crippen LogP contribution in [0.3, 0.4) is 0 Å². The first-order valence-electron chi connectivity index (χ1n) is 9.98. The van der Waals surface area contributed by atoms with Crippen molar-refractivity contribution in [1.82, 2.24) is 4.57 Å². The predicted molar refractivity (Wildman–Crippen MR) is 99.7 cm³/mol. The van der Waals surface area contributed by atoms with Crippen molar-refractivity contribution < 1.29 is 14.2 Å². The van der Waals surface area contributed by atoms with Crippen LogP contribution in [0.4, 0.5) is 0 Å². The summed E-state index contributed by atoms with van der Waals surface area (Å²) in [6.45, 7) is 5.03. The lowest BCUT2D eigenvalue weighted by Gasteiger charge is -2.21. The number of rotatable bonds is 4. The van der Waals surface area contributed by atoms with Gasteiger partial charge in [-0.15, -0.1) is 0 Å². The Hall–Kier alpha value is -2.23. The molecule has 4 heteroatoms. The summed E-state index contributed by atoms with van der Waals surface area (Å²) < 4.78 is 4.32. The molecule has 0 aliphatic heterocycles. The van der Waals surface area contributed by atoms with E-state index in [1.165, 1.54) is 19.3 Å². The Kier molecular flexibility index (Phi) is 4.51. The van der Waals surface area contributed by atoms with Gasteiger partial charge in [0.2, 0.25) is 23.0 Å². The summed E-state index contributed by atoms with van der Waals surface area (Å²) in [7, 11) is 0. The molecule has 0 amide bonds. The molecule has 0 spiro atoms. The van der Waals surface area contributed by atoms with Gasteiger partial charge in [-0.3, -0.25) is 9.59 Å². The molecule has 4 nitrogen and oxygen atoms in total. The van der Waals surface area contributed by atoms with E-state index in [-0.39, 0.29) is 11.6 Å². The van der Waals surface area contributed by atoms with Crippen LogP contribution in [0.15, 0.2) is 24.3 Å². The number of aromatic nitrogens is 2. The van der Waals surface area contributed by atoms with E-state index in [1.54, 1.807) is 12.1 Å². The van der Waals surface area contributed by atoms with E-state index < -0.39 is 0 Å². The van der Waals surface area contributed by atoms with Crippen molar-refractivity contribution in [2.45, 2.75) is 71.4 Å². The minimum absolute atomic E-state index is 0.00367. The van der Waals surface area contributed by atoms with Gasteiger partial charge in [0.25, 0.3) is 5.82 Å². The Morgan fingerprint density at radius 1 is 1.04 bits per heavy atom. The highest BCUT2D eigenvalue weighted by atomic mass is 16.1. The molecule has 2 aliphatic rings. The number of ketones is 2. The molecule has 1 aromatic heterocycles. The van der Waals surface area contributed by atoms with Crippen LogP contribution in [0.25, 0.3) is 0 Å². The fourth-order valence-corrected chi connectivity index (χ4v) is 4.65. The SMILES string of the molecule is CCCC[n+]1c2c(n(C3CCCCC3)c1C)C(=O)c1ccccc1C2=O. The van der Waals surface area contributed by atoms with Crippen molar-refractivity contribution in [1.29, 1.82) is 0 Å². The fraction of sp³-hybridized carbons (Fsp3) is 0.500. The van der Waals surface area contributed by atoms with Crippen LogP contribution in [0, 0.1) is 6.92 Å². The first-order chi connectivity index (χ1) is 12.6. The lowest BCUT2D eigenvalue weighted by atomic mass is 9.88. The molecule has 0 N–H and O–H groups in total. The number of hydrogen-bond acceptors (Lipinski definition) is 2. The van der Waals surface area contributed by atoms with E-state index in [9.17, 15) is 9.59 Å². The molecule has 0 radical (unpaired) electrons. The Morgan fingerprint density at radius 2 is 1.69 bits per heavy atom. The number of fused-ring (bicyclic) bond motifs is 2. The maximum atomic E-state index is 13.4. The molecular weight excluding hydrogens is 324 g/mol. The first kappa shape index (κ1) is 17.2. The normalized spacial score (nSPS) is 17.3. The van der Waals surface area contributed by atoms with Gasteiger partial charge in [-0.1, -0.05) is 44.0 Å². The molecule has 0 unspecified atom stereocenters. The third-order valence-electron chi connectivity index (χ3n) is 6.00. The van der Waals surface area contributed by atoms with Crippen molar-refractivity contribution in [3.63, 3.8) is 0 Å². The van der Waals surface area contributed by atoms with Crippen LogP contribution in [0.5, 0.6) is 0 Å². The minimum Gasteiger partial charge on any atom is -0.284 e. The van der Waals surface area contributed by atoms with Crippen molar-refractivity contribution >= 4 is 11.6 Å². The van der Waals surface area contributed by atoms with E-state index in [2.05, 4.69) is 23.0 Å². The van der Waals surface area contributed by atoms with Crippen LogP contribution in [0.1, 0.15) is 95.8 Å². The maximum absolute atomic E-state index is 13.4. The molecule has 1 heterocycles. The van der Waals surface area contributed by atoms with E-state index in [4.69, 9.17) is 0 Å². The average Bonchev–Trinajstić information content (AvgIpc) is 2.97. The highest BCUT2D eigenvalue weighted by molar-refractivity contribution is 6.26. The lowest BCUT2D eigenvalue weighted by Crippen LogP contribution is -2.43. The number of nitrogens with zero attached hydrogens (tertiary/aromatic N) is 2. The summed E-state index contributed by atoms with van der Waals surface area (Å²) in [4.78, 5) is 26.7. The quantitative estimate of drug-likeness (QED) is 0.662. The second kappa shape index (κ2) is 6.82. The van der Waals surface area contributed by atoms with Crippen molar-refractivity contribution in [2.75, 3.05) is 0 Å². The van der Waals surface area contributed by atoms with Crippen LogP contribution >= 0.6 is 0 Å². The molecule has 0 bridgehead atoms. The highest BCUT2D eigenvalue weighted by Gasteiger charge is 2.44. The molecule has 4 rings (SSSR count). The van der Waals surface area contributed by atoms with E-state index in [1.807, 2.05) is 12.1 Å². The first-order valence-corrected chi connectivity index (χ1v) is 9.98. The van der Waals surface area contributed by atoms with Gasteiger partial charge in [0.1, 0.15) is 6.04 Å². The second-order valence-corrected chi connectivity index (χ2v) is 7.62. The monoisotopic (exact) mass is 351 g/mol. The van der Waals surface area contributed by atoms with Gasteiger partial charge >= 0.3 is 0 Å². The van der Waals surface area contributed by atoms with Crippen molar-refractivity contribution in [3.05, 3.63) is 52.6 Å². The number of carbonyl (C=O) groups is 2. The van der Waals surface area contributed by atoms with E-state index in [0.717, 1.165) is 38.1 Å². The average molecular weight is 351 g/mol. The second-order valence-electron chi connectivity index (χ2n) is 7.62. The van der Waals surface area contributed by atoms with Crippen LogP contribution in [0.2, 0.25) is 0 Å². The molecular formula is C22H27N2O2+. The van der Waals surface area contributed by atoms with Gasteiger partial charge < -0.3 is 0 Å². The summed E-state index contributed by atoms with van der Waals surface area (Å²) in [6, 6.07) is 7.61. The summed E-state index contributed by atoms with van der Waals surface area (Å²) in [5.41, 5.74) is 2.36. The summed E-state index contributed by atoms with van der Waals surface area (Å²) >= 11 is 0. The number of imidazole rings is 1. The molecule has 0 atom stereocenters. The zero-order valence-corrected chi connectivity index (χ0v) is 15.8. The molecule has 136 valence electrons. The van der Waals surface area contributed by atoms with Gasteiger partial charge in [-0.2, -0.15) is 0 Å². The topological polar surface area (TPSA) is 43.0 Å². The van der Waals surface area contributed by atoms with Crippen molar-refractivity contribution in [3.8, 4) is 0 Å². The minimum atomic E-state index is 0.00367. The van der Waals surface area contributed by atoms with E-state index >= 15 is 0 Å². The summed E-state index contributed by atoms with van der Waals surface area (Å²) in [5.74, 6) is 1.08. The van der Waals surface area contributed by atoms with Crippen LogP contribution in [-0.2, 0) is 6.54 Å². The van der Waals surface area contributed by atoms with E-state index in [0.29, 0.717) is 28.6 Å². The maximum Gasteiger partial charge on any atom is 0.254 e. The third kappa shape index (κ3) is 2.54. The molecule has 2 aromatic rings. The largest absolute Gasteiger partial charge is 0.284 e. The van der Waals surface area contributed by atoms with Crippen LogP contribution < -0.4 is 4.57 Å². The third-order valence-corrected chi connectivity index (χ3v) is 6.00. The highest BCUT2D eigenvalue weighted by Crippen LogP contribution is 2.34. The standard InChI is InChI=1S/C22H27N2O2/c1-3-4-14-23-15(2)24(16-10-6-5-7-11-16)20-19(23)21(25)17-12-8-9-13-18(17)22(20)26/h8-9,12-13,16H,3-7,10-11,14H2,1-2H3/q+1. The van der Waals surface area contributed by atoms with Gasteiger partial charge in [-0.05, 0) is 32.1 Å². The molecule has 1 saturated carbocycles. The predicted octanol–water partition coefficient (Wildman–Crippen LogP) is 4.16. The Morgan fingerprint density at radius 3 is 2.35 bits per heavy atom. The van der Waals surface area contributed by atoms with Gasteiger partial charge in [0, 0.05) is 18.1 Å². The Bertz CT molecular complexity index is 873. The number of carbonyl (C=O) groups excluding carboxylic acids is 2. The number of unbranched alkanes of at least 4 members (excludes halogenated alkanes) is 1. The Balaban J connectivity index is 1.93.